The van der Waals surface area contributed by atoms with Crippen molar-refractivity contribution in [2.24, 2.45) is 0 Å². The first kappa shape index (κ1) is 19.6. The highest BCUT2D eigenvalue weighted by atomic mass is 127. The van der Waals surface area contributed by atoms with Gasteiger partial charge in [-0.05, 0) is 84.0 Å². The molecule has 5 nitrogen and oxygen atoms in total. The van der Waals surface area contributed by atoms with Gasteiger partial charge in [0.25, 0.3) is 5.91 Å². The molecule has 0 bridgehead atoms. The van der Waals surface area contributed by atoms with Crippen molar-refractivity contribution < 1.29 is 9.53 Å². The topological polar surface area (TPSA) is 63.2 Å². The van der Waals surface area contributed by atoms with Crippen molar-refractivity contribution in [1.82, 2.24) is 10.3 Å². The van der Waals surface area contributed by atoms with Gasteiger partial charge in [0, 0.05) is 15.3 Å². The zero-order chi connectivity index (χ0) is 18.2. The lowest BCUT2D eigenvalue weighted by molar-refractivity contribution is 0.0977. The summed E-state index contributed by atoms with van der Waals surface area (Å²) in [5, 5.41) is 5.81. The fourth-order valence-corrected chi connectivity index (χ4v) is 2.82. The van der Waals surface area contributed by atoms with Gasteiger partial charge < -0.3 is 10.1 Å². The van der Waals surface area contributed by atoms with Gasteiger partial charge in [0.05, 0.1) is 6.61 Å². The zero-order valence-electron chi connectivity index (χ0n) is 14.1. The van der Waals surface area contributed by atoms with Crippen molar-refractivity contribution in [3.8, 4) is 5.75 Å². The molecule has 25 heavy (non-hydrogen) atoms. The number of hydrogen-bond donors (Lipinski definition) is 2. The number of nitrogens with zero attached hydrogens (tertiary/aromatic N) is 1. The Morgan fingerprint density at radius 3 is 2.68 bits per heavy atom. The van der Waals surface area contributed by atoms with E-state index in [1.807, 2.05) is 13.0 Å². The fourth-order valence-electron chi connectivity index (χ4n) is 2.02. The van der Waals surface area contributed by atoms with E-state index in [2.05, 4.69) is 45.1 Å². The van der Waals surface area contributed by atoms with Crippen LogP contribution in [0.25, 0.3) is 0 Å². The quantitative estimate of drug-likeness (QED) is 0.375. The Morgan fingerprint density at radius 1 is 1.32 bits per heavy atom. The summed E-state index contributed by atoms with van der Waals surface area (Å²) in [5.41, 5.74) is 1.47. The Kier molecular flexibility index (Phi) is 7.57. The van der Waals surface area contributed by atoms with Crippen molar-refractivity contribution in [1.29, 1.82) is 0 Å². The van der Waals surface area contributed by atoms with Gasteiger partial charge in [-0.25, -0.2) is 4.98 Å². The van der Waals surface area contributed by atoms with Gasteiger partial charge >= 0.3 is 0 Å². The molecule has 2 N–H and O–H groups in total. The number of unbranched alkanes of at least 4 members (excludes halogenated alkanes) is 1. The third-order valence-electron chi connectivity index (χ3n) is 3.39. The van der Waals surface area contributed by atoms with Crippen molar-refractivity contribution in [2.45, 2.75) is 26.7 Å². The highest BCUT2D eigenvalue weighted by molar-refractivity contribution is 14.1. The Morgan fingerprint density at radius 2 is 2.04 bits per heavy atom. The van der Waals surface area contributed by atoms with Gasteiger partial charge in [0.15, 0.2) is 5.11 Å². The summed E-state index contributed by atoms with van der Waals surface area (Å²) in [5.74, 6) is 1.11. The highest BCUT2D eigenvalue weighted by Crippen LogP contribution is 2.15. The Bertz CT molecular complexity index is 750. The first-order chi connectivity index (χ1) is 12.0. The van der Waals surface area contributed by atoms with E-state index in [0.29, 0.717) is 18.0 Å². The van der Waals surface area contributed by atoms with Crippen molar-refractivity contribution >= 4 is 51.6 Å². The van der Waals surface area contributed by atoms with Crippen LogP contribution in [0.15, 0.2) is 36.5 Å². The summed E-state index contributed by atoms with van der Waals surface area (Å²) in [4.78, 5) is 16.5. The van der Waals surface area contributed by atoms with E-state index in [0.717, 1.165) is 27.7 Å². The minimum atomic E-state index is -0.277. The van der Waals surface area contributed by atoms with E-state index in [1.54, 1.807) is 30.5 Å². The normalized spacial score (nSPS) is 10.2. The SMILES string of the molecule is CCCCOc1ccc(C(=O)NC(=S)Nc2ncc(I)cc2C)cc1. The second kappa shape index (κ2) is 9.67. The number of benzene rings is 1. The molecule has 0 aliphatic heterocycles. The van der Waals surface area contributed by atoms with Gasteiger partial charge in [-0.2, -0.15) is 0 Å². The molecule has 0 saturated carbocycles. The van der Waals surface area contributed by atoms with Gasteiger partial charge in [0.1, 0.15) is 11.6 Å². The third-order valence-corrected chi connectivity index (χ3v) is 4.18. The highest BCUT2D eigenvalue weighted by Gasteiger charge is 2.10. The summed E-state index contributed by atoms with van der Waals surface area (Å²) in [6.45, 7) is 4.72. The smallest absolute Gasteiger partial charge is 0.257 e. The van der Waals surface area contributed by atoms with Crippen LogP contribution in [0.3, 0.4) is 0 Å². The molecule has 0 spiro atoms. The number of hydrogen-bond acceptors (Lipinski definition) is 4. The summed E-state index contributed by atoms with van der Waals surface area (Å²) in [6, 6.07) is 8.98. The largest absolute Gasteiger partial charge is 0.494 e. The van der Waals surface area contributed by atoms with Crippen LogP contribution in [0.1, 0.15) is 35.7 Å². The zero-order valence-corrected chi connectivity index (χ0v) is 17.1. The minimum Gasteiger partial charge on any atom is -0.494 e. The third kappa shape index (κ3) is 6.24. The van der Waals surface area contributed by atoms with Gasteiger partial charge in [-0.15, -0.1) is 0 Å². The van der Waals surface area contributed by atoms with Crippen LogP contribution in [0, 0.1) is 10.5 Å². The van der Waals surface area contributed by atoms with Crippen LogP contribution in [0.5, 0.6) is 5.75 Å². The predicted octanol–water partition coefficient (Wildman–Crippen LogP) is 4.30. The first-order valence-corrected chi connectivity index (χ1v) is 9.45. The average Bonchev–Trinajstić information content (AvgIpc) is 2.58. The maximum atomic E-state index is 12.3. The second-order valence-corrected chi connectivity index (χ2v) is 7.11. The molecule has 1 aromatic carbocycles. The van der Waals surface area contributed by atoms with E-state index < -0.39 is 0 Å². The van der Waals surface area contributed by atoms with Gasteiger partial charge in [0.2, 0.25) is 0 Å². The summed E-state index contributed by atoms with van der Waals surface area (Å²) in [7, 11) is 0. The molecule has 0 radical (unpaired) electrons. The van der Waals surface area contributed by atoms with Crippen molar-refractivity contribution in [3.63, 3.8) is 0 Å². The number of carbonyl (C=O) groups excluding carboxylic acids is 1. The lowest BCUT2D eigenvalue weighted by Crippen LogP contribution is -2.34. The van der Waals surface area contributed by atoms with E-state index in [1.165, 1.54) is 0 Å². The van der Waals surface area contributed by atoms with Gasteiger partial charge in [-0.3, -0.25) is 10.1 Å². The number of carbonyl (C=O) groups is 1. The monoisotopic (exact) mass is 469 g/mol. The molecule has 1 amide bonds. The van der Waals surface area contributed by atoms with E-state index >= 15 is 0 Å². The fraction of sp³-hybridized carbons (Fsp3) is 0.278. The first-order valence-electron chi connectivity index (χ1n) is 7.97. The van der Waals surface area contributed by atoms with Crippen molar-refractivity contribution in [2.75, 3.05) is 11.9 Å². The van der Waals surface area contributed by atoms with Crippen LogP contribution in [-0.4, -0.2) is 22.6 Å². The Balaban J connectivity index is 1.91. The van der Waals surface area contributed by atoms with Crippen LogP contribution < -0.4 is 15.4 Å². The molecule has 132 valence electrons. The maximum absolute atomic E-state index is 12.3. The molecule has 2 aromatic rings. The Hall–Kier alpha value is -1.74. The number of amides is 1. The number of ether oxygens (including phenoxy) is 1. The van der Waals surface area contributed by atoms with Crippen LogP contribution in [0.4, 0.5) is 5.82 Å². The molecule has 0 aliphatic rings. The lowest BCUT2D eigenvalue weighted by Gasteiger charge is -2.11. The van der Waals surface area contributed by atoms with E-state index in [-0.39, 0.29) is 11.0 Å². The van der Waals surface area contributed by atoms with E-state index in [9.17, 15) is 4.79 Å². The molecule has 1 aromatic heterocycles. The Labute approximate surface area is 166 Å². The summed E-state index contributed by atoms with van der Waals surface area (Å²) >= 11 is 7.38. The van der Waals surface area contributed by atoms with Gasteiger partial charge in [-0.1, -0.05) is 13.3 Å². The standard InChI is InChI=1S/C18H20IN3O2S/c1-3-4-9-24-15-7-5-13(6-8-15)17(23)22-18(25)21-16-12(2)10-14(19)11-20-16/h5-8,10-11H,3-4,9H2,1-2H3,(H2,20,21,22,23,25). The molecule has 0 saturated heterocycles. The molecule has 7 heteroatoms. The van der Waals surface area contributed by atoms with Crippen LogP contribution >= 0.6 is 34.8 Å². The molecular formula is C18H20IN3O2S. The number of nitrogens with one attached hydrogen (secondary N) is 2. The molecule has 0 aliphatic carbocycles. The number of aromatic nitrogens is 1. The number of aryl methyl sites for hydroxylation is 1. The average molecular weight is 469 g/mol. The molecule has 0 atom stereocenters. The summed E-state index contributed by atoms with van der Waals surface area (Å²) < 4.78 is 6.62. The molecule has 0 fully saturated rings. The summed E-state index contributed by atoms with van der Waals surface area (Å²) in [6.07, 6.45) is 3.82. The van der Waals surface area contributed by atoms with Crippen molar-refractivity contribution in [3.05, 3.63) is 51.2 Å². The molecule has 1 heterocycles. The number of halogens is 1. The van der Waals surface area contributed by atoms with Crippen LogP contribution in [-0.2, 0) is 0 Å². The number of thiocarbonyl (C=S) groups is 1. The number of anilines is 1. The lowest BCUT2D eigenvalue weighted by atomic mass is 10.2. The number of rotatable bonds is 6. The maximum Gasteiger partial charge on any atom is 0.257 e. The molecule has 2 rings (SSSR count). The molecular weight excluding hydrogens is 449 g/mol. The van der Waals surface area contributed by atoms with E-state index in [4.69, 9.17) is 17.0 Å². The molecule has 0 unspecified atom stereocenters. The second-order valence-electron chi connectivity index (χ2n) is 5.45. The number of pyridine rings is 1. The predicted molar refractivity (Wildman–Crippen MR) is 112 cm³/mol. The minimum absolute atomic E-state index is 0.213. The van der Waals surface area contributed by atoms with Crippen LogP contribution in [0.2, 0.25) is 0 Å².